The van der Waals surface area contributed by atoms with Gasteiger partial charge in [0.2, 0.25) is 0 Å². The van der Waals surface area contributed by atoms with Crippen LogP contribution in [0.25, 0.3) is 0 Å². The third-order valence-corrected chi connectivity index (χ3v) is 5.31. The SMILES string of the molecule is O=C1N[C@]2(CCCc3ccccc32)C(=O)N1C[C@@H](O)COc1ccccc1F. The molecule has 2 aliphatic rings. The monoisotopic (exact) mass is 384 g/mol. The smallest absolute Gasteiger partial charge is 0.325 e. The lowest BCUT2D eigenvalue weighted by Crippen LogP contribution is -2.47. The fourth-order valence-electron chi connectivity index (χ4n) is 3.99. The van der Waals surface area contributed by atoms with Crippen LogP contribution in [0.3, 0.4) is 0 Å². The Morgan fingerprint density at radius 2 is 1.93 bits per heavy atom. The normalized spacial score (nSPS) is 22.1. The minimum atomic E-state index is -1.14. The number of nitrogens with zero attached hydrogens (tertiary/aromatic N) is 1. The number of carbonyl (C=O) groups is 2. The summed E-state index contributed by atoms with van der Waals surface area (Å²) >= 11 is 0. The van der Waals surface area contributed by atoms with E-state index in [0.717, 1.165) is 28.9 Å². The lowest BCUT2D eigenvalue weighted by atomic mass is 9.76. The molecular weight excluding hydrogens is 363 g/mol. The number of benzene rings is 2. The summed E-state index contributed by atoms with van der Waals surface area (Å²) in [4.78, 5) is 26.7. The number of aliphatic hydroxyl groups is 1. The fraction of sp³-hybridized carbons (Fsp3) is 0.333. The summed E-state index contributed by atoms with van der Waals surface area (Å²) in [6.07, 6.45) is 1.03. The van der Waals surface area contributed by atoms with E-state index in [1.807, 2.05) is 24.3 Å². The highest BCUT2D eigenvalue weighted by Crippen LogP contribution is 2.39. The van der Waals surface area contributed by atoms with Gasteiger partial charge in [-0.25, -0.2) is 9.18 Å². The van der Waals surface area contributed by atoms with Crippen LogP contribution in [-0.4, -0.2) is 41.2 Å². The maximum atomic E-state index is 13.6. The number of imide groups is 1. The summed E-state index contributed by atoms with van der Waals surface area (Å²) < 4.78 is 18.9. The van der Waals surface area contributed by atoms with Gasteiger partial charge in [-0.3, -0.25) is 9.69 Å². The van der Waals surface area contributed by atoms with E-state index in [1.165, 1.54) is 18.2 Å². The van der Waals surface area contributed by atoms with E-state index in [4.69, 9.17) is 4.74 Å². The number of aryl methyl sites for hydroxylation is 1. The average Bonchev–Trinajstić information content (AvgIpc) is 2.92. The van der Waals surface area contributed by atoms with Crippen molar-refractivity contribution in [3.8, 4) is 5.75 Å². The maximum absolute atomic E-state index is 13.6. The predicted molar refractivity (Wildman–Crippen MR) is 99.2 cm³/mol. The van der Waals surface area contributed by atoms with Crippen LogP contribution in [-0.2, 0) is 16.8 Å². The number of β-amino-alcohol motifs (C(OH)–C–C–N with tert-alkyl or cyclic N) is 1. The van der Waals surface area contributed by atoms with Crippen LogP contribution in [0.15, 0.2) is 48.5 Å². The van der Waals surface area contributed by atoms with Crippen molar-refractivity contribution >= 4 is 11.9 Å². The zero-order valence-corrected chi connectivity index (χ0v) is 15.2. The first-order chi connectivity index (χ1) is 13.5. The van der Waals surface area contributed by atoms with Crippen molar-refractivity contribution in [3.63, 3.8) is 0 Å². The van der Waals surface area contributed by atoms with Gasteiger partial charge in [0.15, 0.2) is 11.6 Å². The topological polar surface area (TPSA) is 78.9 Å². The second-order valence-electron chi connectivity index (χ2n) is 7.16. The molecule has 0 saturated carbocycles. The van der Waals surface area contributed by atoms with Crippen LogP contribution >= 0.6 is 0 Å². The number of para-hydroxylation sites is 1. The molecule has 6 nitrogen and oxygen atoms in total. The second-order valence-corrected chi connectivity index (χ2v) is 7.16. The molecule has 0 bridgehead atoms. The summed E-state index contributed by atoms with van der Waals surface area (Å²) in [6, 6.07) is 12.9. The van der Waals surface area contributed by atoms with Crippen LogP contribution in [0, 0.1) is 5.82 Å². The van der Waals surface area contributed by atoms with Gasteiger partial charge in [-0.15, -0.1) is 0 Å². The molecule has 2 aromatic rings. The lowest BCUT2D eigenvalue weighted by molar-refractivity contribution is -0.133. The summed E-state index contributed by atoms with van der Waals surface area (Å²) in [6.45, 7) is -0.454. The molecule has 1 spiro atoms. The first-order valence-electron chi connectivity index (χ1n) is 9.29. The van der Waals surface area contributed by atoms with E-state index in [1.54, 1.807) is 6.07 Å². The molecule has 1 heterocycles. The van der Waals surface area contributed by atoms with Crippen molar-refractivity contribution in [2.24, 2.45) is 0 Å². The Morgan fingerprint density at radius 3 is 2.75 bits per heavy atom. The Bertz CT molecular complexity index is 919. The van der Waals surface area contributed by atoms with Gasteiger partial charge in [-0.05, 0) is 42.5 Å². The van der Waals surface area contributed by atoms with E-state index in [0.29, 0.717) is 6.42 Å². The number of fused-ring (bicyclic) bond motifs is 2. The number of rotatable bonds is 5. The first-order valence-corrected chi connectivity index (χ1v) is 9.29. The first kappa shape index (κ1) is 18.4. The van der Waals surface area contributed by atoms with E-state index in [9.17, 15) is 19.1 Å². The Hall–Kier alpha value is -2.93. The zero-order chi connectivity index (χ0) is 19.7. The molecule has 1 aliphatic carbocycles. The van der Waals surface area contributed by atoms with Gasteiger partial charge in [0, 0.05) is 0 Å². The van der Waals surface area contributed by atoms with Gasteiger partial charge in [0.25, 0.3) is 5.91 Å². The Balaban J connectivity index is 1.47. The Morgan fingerprint density at radius 1 is 1.18 bits per heavy atom. The number of aliphatic hydroxyl groups excluding tert-OH is 1. The van der Waals surface area contributed by atoms with Crippen molar-refractivity contribution in [3.05, 3.63) is 65.5 Å². The largest absolute Gasteiger partial charge is 0.488 e. The molecule has 28 heavy (non-hydrogen) atoms. The van der Waals surface area contributed by atoms with Crippen molar-refractivity contribution in [1.29, 1.82) is 0 Å². The number of hydrogen-bond acceptors (Lipinski definition) is 4. The minimum absolute atomic E-state index is 0.0106. The molecule has 2 N–H and O–H groups in total. The molecule has 1 aliphatic heterocycles. The highest BCUT2D eigenvalue weighted by molar-refractivity contribution is 6.07. The number of nitrogens with one attached hydrogen (secondary N) is 1. The Kier molecular flexibility index (Phi) is 4.77. The maximum Gasteiger partial charge on any atom is 0.325 e. The van der Waals surface area contributed by atoms with E-state index in [-0.39, 0.29) is 24.8 Å². The number of amides is 3. The summed E-state index contributed by atoms with van der Waals surface area (Å²) in [5.41, 5.74) is 0.796. The van der Waals surface area contributed by atoms with E-state index < -0.39 is 23.5 Å². The molecule has 1 saturated heterocycles. The van der Waals surface area contributed by atoms with Crippen molar-refractivity contribution in [2.45, 2.75) is 30.9 Å². The summed E-state index contributed by atoms with van der Waals surface area (Å²) in [5, 5.41) is 13.1. The fourth-order valence-corrected chi connectivity index (χ4v) is 3.99. The molecule has 0 radical (unpaired) electrons. The summed E-state index contributed by atoms with van der Waals surface area (Å²) in [7, 11) is 0. The molecule has 2 atom stereocenters. The quantitative estimate of drug-likeness (QED) is 0.776. The minimum Gasteiger partial charge on any atom is -0.488 e. The molecule has 7 heteroatoms. The molecule has 146 valence electrons. The van der Waals surface area contributed by atoms with Gasteiger partial charge in [0.1, 0.15) is 18.2 Å². The van der Waals surface area contributed by atoms with E-state index in [2.05, 4.69) is 5.32 Å². The highest BCUT2D eigenvalue weighted by Gasteiger charge is 2.54. The van der Waals surface area contributed by atoms with Crippen molar-refractivity contribution in [1.82, 2.24) is 10.2 Å². The number of carbonyl (C=O) groups excluding carboxylic acids is 2. The summed E-state index contributed by atoms with van der Waals surface area (Å²) in [5.74, 6) is -0.895. The molecule has 0 unspecified atom stereocenters. The molecule has 0 aromatic heterocycles. The molecule has 2 aromatic carbocycles. The van der Waals surface area contributed by atoms with Crippen LogP contribution in [0.2, 0.25) is 0 Å². The number of halogens is 1. The van der Waals surface area contributed by atoms with Crippen LogP contribution in [0.4, 0.5) is 9.18 Å². The standard InChI is InChI=1S/C21H21FN2O4/c22-17-9-3-4-10-18(17)28-13-15(25)12-24-19(26)21(23-20(24)27)11-5-7-14-6-1-2-8-16(14)21/h1-4,6,8-10,15,25H,5,7,11-13H2,(H,23,27)/t15-,21+/m1/s1. The Labute approximate surface area is 161 Å². The van der Waals surface area contributed by atoms with Crippen LogP contribution in [0.5, 0.6) is 5.75 Å². The number of ether oxygens (including phenoxy) is 1. The van der Waals surface area contributed by atoms with Crippen LogP contribution < -0.4 is 10.1 Å². The third-order valence-electron chi connectivity index (χ3n) is 5.31. The van der Waals surface area contributed by atoms with Gasteiger partial charge >= 0.3 is 6.03 Å². The number of hydrogen-bond donors (Lipinski definition) is 2. The molecule has 1 fully saturated rings. The zero-order valence-electron chi connectivity index (χ0n) is 15.2. The van der Waals surface area contributed by atoms with Gasteiger partial charge in [0.05, 0.1) is 6.54 Å². The van der Waals surface area contributed by atoms with Gasteiger partial charge in [-0.1, -0.05) is 36.4 Å². The van der Waals surface area contributed by atoms with Crippen molar-refractivity contribution < 1.29 is 23.8 Å². The molecular formula is C21H21FN2O4. The van der Waals surface area contributed by atoms with Crippen molar-refractivity contribution in [2.75, 3.05) is 13.2 Å². The third kappa shape index (κ3) is 3.11. The average molecular weight is 384 g/mol. The molecule has 3 amide bonds. The van der Waals surface area contributed by atoms with E-state index >= 15 is 0 Å². The predicted octanol–water partition coefficient (Wildman–Crippen LogP) is 2.35. The lowest BCUT2D eigenvalue weighted by Gasteiger charge is -2.33. The van der Waals surface area contributed by atoms with Crippen LogP contribution in [0.1, 0.15) is 24.0 Å². The molecule has 4 rings (SSSR count). The highest BCUT2D eigenvalue weighted by atomic mass is 19.1. The number of urea groups is 1. The van der Waals surface area contributed by atoms with Gasteiger partial charge < -0.3 is 15.2 Å². The second kappa shape index (κ2) is 7.24. The van der Waals surface area contributed by atoms with Gasteiger partial charge in [-0.2, -0.15) is 0 Å².